The Morgan fingerprint density at radius 2 is 1.62 bits per heavy atom. The van der Waals surface area contributed by atoms with Crippen LogP contribution in [-0.4, -0.2) is 33.3 Å². The molecule has 0 radical (unpaired) electrons. The van der Waals surface area contributed by atoms with E-state index in [-0.39, 0.29) is 17.2 Å². The first-order valence-corrected chi connectivity index (χ1v) is 10.3. The van der Waals surface area contributed by atoms with Gasteiger partial charge in [0.1, 0.15) is 0 Å². The predicted molar refractivity (Wildman–Crippen MR) is 85.5 cm³/mol. The van der Waals surface area contributed by atoms with Crippen molar-refractivity contribution in [2.45, 2.75) is 58.4 Å². The first kappa shape index (κ1) is 15.8. The maximum absolute atomic E-state index is 12.3. The molecule has 0 aromatic rings. The summed E-state index contributed by atoms with van der Waals surface area (Å²) in [5.74, 6) is 2.79. The molecule has 122 valence electrons. The van der Waals surface area contributed by atoms with E-state index in [0.29, 0.717) is 6.54 Å². The number of hydrogen-bond acceptors (Lipinski definition) is 3. The van der Waals surface area contributed by atoms with Crippen molar-refractivity contribution in [1.29, 1.82) is 0 Å². The molecule has 0 aromatic carbocycles. The van der Waals surface area contributed by atoms with Crippen molar-refractivity contribution in [3.63, 3.8) is 0 Å². The zero-order valence-electron chi connectivity index (χ0n) is 13.4. The summed E-state index contributed by atoms with van der Waals surface area (Å²) in [5, 5.41) is 3.09. The highest BCUT2D eigenvalue weighted by Crippen LogP contribution is 2.61. The van der Waals surface area contributed by atoms with Gasteiger partial charge in [-0.05, 0) is 75.2 Å². The van der Waals surface area contributed by atoms with Crippen LogP contribution in [0.5, 0.6) is 0 Å². The molecule has 0 aliphatic heterocycles. The van der Waals surface area contributed by atoms with Crippen LogP contribution in [0.4, 0.5) is 0 Å². The molecule has 4 bridgehead atoms. The predicted octanol–water partition coefficient (Wildman–Crippen LogP) is 2.12. The van der Waals surface area contributed by atoms with Crippen LogP contribution in [-0.2, 0) is 10.0 Å². The Kier molecular flexibility index (Phi) is 4.37. The molecule has 4 saturated carbocycles. The Morgan fingerprint density at radius 1 is 1.10 bits per heavy atom. The van der Waals surface area contributed by atoms with E-state index >= 15 is 0 Å². The van der Waals surface area contributed by atoms with E-state index in [1.165, 1.54) is 38.5 Å². The molecule has 5 heteroatoms. The molecule has 0 spiro atoms. The minimum Gasteiger partial charge on any atom is -0.316 e. The second-order valence-corrected chi connectivity index (χ2v) is 9.67. The van der Waals surface area contributed by atoms with Gasteiger partial charge in [-0.2, -0.15) is 0 Å². The summed E-state index contributed by atoms with van der Waals surface area (Å²) in [6, 6.07) is 0.0949. The lowest BCUT2D eigenvalue weighted by Gasteiger charge is -2.59. The summed E-state index contributed by atoms with van der Waals surface area (Å²) in [4.78, 5) is 0. The smallest absolute Gasteiger partial charge is 0.213 e. The number of sulfonamides is 1. The third-order valence-electron chi connectivity index (χ3n) is 6.16. The topological polar surface area (TPSA) is 58.2 Å². The van der Waals surface area contributed by atoms with Crippen LogP contribution >= 0.6 is 0 Å². The molecule has 2 N–H and O–H groups in total. The Labute approximate surface area is 129 Å². The average molecular weight is 314 g/mol. The highest BCUT2D eigenvalue weighted by molar-refractivity contribution is 7.89. The summed E-state index contributed by atoms with van der Waals surface area (Å²) in [6.07, 6.45) is 7.94. The van der Waals surface area contributed by atoms with Gasteiger partial charge in [0.25, 0.3) is 0 Å². The van der Waals surface area contributed by atoms with Crippen LogP contribution in [0.1, 0.15) is 52.4 Å². The maximum Gasteiger partial charge on any atom is 0.213 e. The minimum absolute atomic E-state index is 0.0949. The standard InChI is InChI=1S/C16H30N2O2S/c1-3-17-4-5-21(19,20)18-12(2)16-9-13-6-14(10-16)8-15(7-13)11-16/h12-15,17-18H,3-11H2,1-2H3. The number of nitrogens with one attached hydrogen (secondary N) is 2. The van der Waals surface area contributed by atoms with Gasteiger partial charge in [0.2, 0.25) is 10.0 Å². The van der Waals surface area contributed by atoms with Gasteiger partial charge in [-0.15, -0.1) is 0 Å². The van der Waals surface area contributed by atoms with Gasteiger partial charge in [0, 0.05) is 12.6 Å². The van der Waals surface area contributed by atoms with Crippen LogP contribution in [0.15, 0.2) is 0 Å². The fourth-order valence-electron chi connectivity index (χ4n) is 5.54. The zero-order valence-corrected chi connectivity index (χ0v) is 14.2. The van der Waals surface area contributed by atoms with Gasteiger partial charge >= 0.3 is 0 Å². The summed E-state index contributed by atoms with van der Waals surface area (Å²) < 4.78 is 27.5. The molecular formula is C16H30N2O2S. The monoisotopic (exact) mass is 314 g/mol. The molecule has 0 saturated heterocycles. The minimum atomic E-state index is -3.16. The van der Waals surface area contributed by atoms with Crippen molar-refractivity contribution in [3.05, 3.63) is 0 Å². The third-order valence-corrected chi connectivity index (χ3v) is 7.61. The van der Waals surface area contributed by atoms with E-state index in [2.05, 4.69) is 17.0 Å². The van der Waals surface area contributed by atoms with E-state index in [1.807, 2.05) is 6.92 Å². The van der Waals surface area contributed by atoms with Crippen molar-refractivity contribution >= 4 is 10.0 Å². The first-order valence-electron chi connectivity index (χ1n) is 8.63. The zero-order chi connectivity index (χ0) is 15.1. The van der Waals surface area contributed by atoms with E-state index in [9.17, 15) is 8.42 Å². The quantitative estimate of drug-likeness (QED) is 0.708. The second-order valence-electron chi connectivity index (χ2n) is 7.79. The van der Waals surface area contributed by atoms with Gasteiger partial charge < -0.3 is 5.32 Å². The SMILES string of the molecule is CCNCCS(=O)(=O)NC(C)C12CC3CC(CC(C3)C1)C2. The molecular weight excluding hydrogens is 284 g/mol. The molecule has 0 heterocycles. The third kappa shape index (κ3) is 3.30. The summed E-state index contributed by atoms with van der Waals surface area (Å²) in [6.45, 7) is 5.47. The Morgan fingerprint density at radius 3 is 2.10 bits per heavy atom. The fourth-order valence-corrected chi connectivity index (χ4v) is 6.86. The molecule has 4 aliphatic rings. The number of hydrogen-bond donors (Lipinski definition) is 2. The van der Waals surface area contributed by atoms with E-state index in [0.717, 1.165) is 24.3 Å². The molecule has 4 fully saturated rings. The molecule has 1 unspecified atom stereocenters. The average Bonchev–Trinajstić information content (AvgIpc) is 2.36. The largest absolute Gasteiger partial charge is 0.316 e. The molecule has 4 aliphatic carbocycles. The Balaban J connectivity index is 1.64. The Hall–Kier alpha value is -0.130. The molecule has 4 rings (SSSR count). The highest BCUT2D eigenvalue weighted by Gasteiger charge is 2.53. The lowest BCUT2D eigenvalue weighted by Crippen LogP contribution is -2.56. The molecule has 0 amide bonds. The van der Waals surface area contributed by atoms with Crippen LogP contribution in [0.2, 0.25) is 0 Å². The van der Waals surface area contributed by atoms with Gasteiger partial charge in [-0.25, -0.2) is 13.1 Å². The van der Waals surface area contributed by atoms with E-state index in [1.54, 1.807) is 0 Å². The fraction of sp³-hybridized carbons (Fsp3) is 1.00. The molecule has 0 aromatic heterocycles. The first-order chi connectivity index (χ1) is 9.92. The number of rotatable bonds is 7. The van der Waals surface area contributed by atoms with E-state index in [4.69, 9.17) is 0 Å². The van der Waals surface area contributed by atoms with Crippen molar-refractivity contribution in [1.82, 2.24) is 10.0 Å². The molecule has 21 heavy (non-hydrogen) atoms. The second kappa shape index (κ2) is 5.82. The highest BCUT2D eigenvalue weighted by atomic mass is 32.2. The van der Waals surface area contributed by atoms with Crippen molar-refractivity contribution in [2.24, 2.45) is 23.2 Å². The lowest BCUT2D eigenvalue weighted by molar-refractivity contribution is -0.0666. The summed E-state index contributed by atoms with van der Waals surface area (Å²) in [5.41, 5.74) is 0.250. The van der Waals surface area contributed by atoms with Gasteiger partial charge in [-0.3, -0.25) is 0 Å². The van der Waals surface area contributed by atoms with Crippen LogP contribution in [0, 0.1) is 23.2 Å². The Bertz CT molecular complexity index is 439. The molecule has 1 atom stereocenters. The normalized spacial score (nSPS) is 39.6. The molecule has 4 nitrogen and oxygen atoms in total. The van der Waals surface area contributed by atoms with Crippen LogP contribution < -0.4 is 10.0 Å². The summed E-state index contributed by atoms with van der Waals surface area (Å²) >= 11 is 0. The van der Waals surface area contributed by atoms with Crippen molar-refractivity contribution in [3.8, 4) is 0 Å². The lowest BCUT2D eigenvalue weighted by atomic mass is 9.48. The maximum atomic E-state index is 12.3. The van der Waals surface area contributed by atoms with Gasteiger partial charge in [0.05, 0.1) is 5.75 Å². The van der Waals surface area contributed by atoms with Crippen molar-refractivity contribution in [2.75, 3.05) is 18.8 Å². The van der Waals surface area contributed by atoms with Crippen molar-refractivity contribution < 1.29 is 8.42 Å². The van der Waals surface area contributed by atoms with E-state index < -0.39 is 10.0 Å². The van der Waals surface area contributed by atoms with Crippen LogP contribution in [0.3, 0.4) is 0 Å². The summed E-state index contributed by atoms with van der Waals surface area (Å²) in [7, 11) is -3.16. The van der Waals surface area contributed by atoms with Gasteiger partial charge in [-0.1, -0.05) is 6.92 Å². The van der Waals surface area contributed by atoms with Gasteiger partial charge in [0.15, 0.2) is 0 Å². The van der Waals surface area contributed by atoms with Crippen LogP contribution in [0.25, 0.3) is 0 Å².